The maximum atomic E-state index is 13.7. The summed E-state index contributed by atoms with van der Waals surface area (Å²) in [6, 6.07) is 5.00. The molecule has 2 rings (SSSR count). The highest BCUT2D eigenvalue weighted by molar-refractivity contribution is 5.40. The summed E-state index contributed by atoms with van der Waals surface area (Å²) in [6.45, 7) is 6.63. The average molecular weight is 261 g/mol. The van der Waals surface area contributed by atoms with E-state index in [0.29, 0.717) is 13.0 Å². The smallest absolute Gasteiger partial charge is 0.125 e. The van der Waals surface area contributed by atoms with E-state index in [0.717, 1.165) is 29.1 Å². The van der Waals surface area contributed by atoms with E-state index < -0.39 is 0 Å². The molecule has 0 bridgehead atoms. The van der Waals surface area contributed by atoms with Crippen molar-refractivity contribution in [2.75, 3.05) is 6.54 Å². The molecule has 0 spiro atoms. The highest BCUT2D eigenvalue weighted by atomic mass is 19.1. The van der Waals surface area contributed by atoms with E-state index in [4.69, 9.17) is 5.73 Å². The number of nitrogens with two attached hydrogens (primary N) is 1. The molecule has 2 N–H and O–H groups in total. The third-order valence-electron chi connectivity index (χ3n) is 3.41. The van der Waals surface area contributed by atoms with Gasteiger partial charge in [-0.3, -0.25) is 0 Å². The molecule has 0 aliphatic carbocycles. The fourth-order valence-electron chi connectivity index (χ4n) is 2.50. The van der Waals surface area contributed by atoms with Gasteiger partial charge in [0, 0.05) is 5.69 Å². The normalized spacial score (nSPS) is 11.0. The summed E-state index contributed by atoms with van der Waals surface area (Å²) in [5.74, 6) is -0.244. The van der Waals surface area contributed by atoms with Crippen molar-refractivity contribution in [3.63, 3.8) is 0 Å². The molecule has 0 atom stereocenters. The number of hydrogen-bond acceptors (Lipinski definition) is 2. The molecule has 2 aromatic rings. The topological polar surface area (TPSA) is 43.8 Å². The van der Waals surface area contributed by atoms with Crippen LogP contribution in [0.25, 0.3) is 5.69 Å². The van der Waals surface area contributed by atoms with Crippen molar-refractivity contribution in [3.05, 3.63) is 46.5 Å². The van der Waals surface area contributed by atoms with Gasteiger partial charge < -0.3 is 5.73 Å². The Hall–Kier alpha value is -1.68. The Morgan fingerprint density at radius 1 is 1.26 bits per heavy atom. The van der Waals surface area contributed by atoms with Crippen molar-refractivity contribution < 1.29 is 4.39 Å². The van der Waals surface area contributed by atoms with Crippen molar-refractivity contribution in [3.8, 4) is 5.69 Å². The molecule has 0 amide bonds. The van der Waals surface area contributed by atoms with Crippen LogP contribution >= 0.6 is 0 Å². The summed E-state index contributed by atoms with van der Waals surface area (Å²) < 4.78 is 15.5. The first-order valence-electron chi connectivity index (χ1n) is 6.61. The summed E-state index contributed by atoms with van der Waals surface area (Å²) in [7, 11) is 0. The number of benzene rings is 1. The van der Waals surface area contributed by atoms with Gasteiger partial charge in [0.05, 0.1) is 11.4 Å². The summed E-state index contributed by atoms with van der Waals surface area (Å²) in [6.07, 6.45) is 1.60. The zero-order valence-electron chi connectivity index (χ0n) is 11.7. The van der Waals surface area contributed by atoms with E-state index in [-0.39, 0.29) is 5.82 Å². The van der Waals surface area contributed by atoms with E-state index in [1.165, 1.54) is 17.7 Å². The van der Waals surface area contributed by atoms with Crippen molar-refractivity contribution in [2.45, 2.75) is 33.6 Å². The van der Waals surface area contributed by atoms with Gasteiger partial charge in [0.25, 0.3) is 0 Å². The van der Waals surface area contributed by atoms with E-state index >= 15 is 0 Å². The first kappa shape index (κ1) is 13.7. The van der Waals surface area contributed by atoms with Gasteiger partial charge in [-0.1, -0.05) is 6.92 Å². The van der Waals surface area contributed by atoms with Gasteiger partial charge in [0.2, 0.25) is 0 Å². The second-order valence-corrected chi connectivity index (χ2v) is 4.77. The zero-order chi connectivity index (χ0) is 14.0. The highest BCUT2D eigenvalue weighted by Gasteiger charge is 2.12. The molecule has 0 unspecified atom stereocenters. The quantitative estimate of drug-likeness (QED) is 0.919. The molecule has 19 heavy (non-hydrogen) atoms. The Balaban J connectivity index is 2.52. The van der Waals surface area contributed by atoms with Gasteiger partial charge in [0.1, 0.15) is 5.82 Å². The lowest BCUT2D eigenvalue weighted by molar-refractivity contribution is 0.622. The second kappa shape index (κ2) is 5.53. The van der Waals surface area contributed by atoms with Crippen molar-refractivity contribution in [1.29, 1.82) is 0 Å². The summed E-state index contributed by atoms with van der Waals surface area (Å²) in [5.41, 5.74) is 10.5. The van der Waals surface area contributed by atoms with Gasteiger partial charge in [-0.2, -0.15) is 5.10 Å². The van der Waals surface area contributed by atoms with Crippen molar-refractivity contribution in [1.82, 2.24) is 9.78 Å². The molecule has 0 fully saturated rings. The van der Waals surface area contributed by atoms with Gasteiger partial charge in [-0.15, -0.1) is 0 Å². The van der Waals surface area contributed by atoms with Crippen LogP contribution in [-0.4, -0.2) is 16.3 Å². The minimum absolute atomic E-state index is 0.244. The summed E-state index contributed by atoms with van der Waals surface area (Å²) >= 11 is 0. The van der Waals surface area contributed by atoms with E-state index in [2.05, 4.69) is 12.0 Å². The third kappa shape index (κ3) is 2.68. The molecular weight excluding hydrogens is 241 g/mol. The Morgan fingerprint density at radius 2 is 2.00 bits per heavy atom. The first-order valence-corrected chi connectivity index (χ1v) is 6.61. The Morgan fingerprint density at radius 3 is 2.58 bits per heavy atom. The maximum absolute atomic E-state index is 13.7. The predicted molar refractivity (Wildman–Crippen MR) is 75.1 cm³/mol. The Bertz CT molecular complexity index is 587. The average Bonchev–Trinajstić information content (AvgIpc) is 2.64. The molecule has 3 nitrogen and oxygen atoms in total. The van der Waals surface area contributed by atoms with Crippen LogP contribution in [-0.2, 0) is 12.8 Å². The van der Waals surface area contributed by atoms with E-state index in [1.807, 2.05) is 24.6 Å². The Kier molecular flexibility index (Phi) is 4.00. The number of aryl methyl sites for hydroxylation is 1. The number of aromatic nitrogens is 2. The fourth-order valence-corrected chi connectivity index (χ4v) is 2.50. The summed E-state index contributed by atoms with van der Waals surface area (Å²) in [5, 5.41) is 4.51. The van der Waals surface area contributed by atoms with Gasteiger partial charge >= 0.3 is 0 Å². The maximum Gasteiger partial charge on any atom is 0.125 e. The van der Waals surface area contributed by atoms with Crippen molar-refractivity contribution in [2.24, 2.45) is 5.73 Å². The van der Waals surface area contributed by atoms with Gasteiger partial charge in [0.15, 0.2) is 0 Å². The monoisotopic (exact) mass is 261 g/mol. The highest BCUT2D eigenvalue weighted by Crippen LogP contribution is 2.20. The summed E-state index contributed by atoms with van der Waals surface area (Å²) in [4.78, 5) is 0. The number of nitrogens with zero attached hydrogens (tertiary/aromatic N) is 2. The van der Waals surface area contributed by atoms with Crippen LogP contribution in [0.3, 0.4) is 0 Å². The first-order chi connectivity index (χ1) is 9.06. The SMILES string of the molecule is CCc1c(C)nn(-c2cc(F)cc(CCN)c2)c1C. The lowest BCUT2D eigenvalue weighted by Gasteiger charge is -2.08. The number of halogens is 1. The lowest BCUT2D eigenvalue weighted by Crippen LogP contribution is -2.05. The standard InChI is InChI=1S/C15H20FN3/c1-4-15-10(2)18-19(11(15)3)14-8-12(5-6-17)7-13(16)9-14/h7-9H,4-6,17H2,1-3H3. The molecule has 0 saturated carbocycles. The van der Waals surface area contributed by atoms with Crippen LogP contribution in [0.1, 0.15) is 29.4 Å². The molecule has 0 radical (unpaired) electrons. The number of hydrogen-bond donors (Lipinski definition) is 1. The predicted octanol–water partition coefficient (Wildman–Crippen LogP) is 2.69. The van der Waals surface area contributed by atoms with Crippen LogP contribution in [0.5, 0.6) is 0 Å². The molecule has 1 aromatic heterocycles. The molecular formula is C15H20FN3. The molecule has 0 aliphatic rings. The van der Waals surface area contributed by atoms with Crippen LogP contribution in [0, 0.1) is 19.7 Å². The molecule has 102 valence electrons. The number of rotatable bonds is 4. The minimum atomic E-state index is -0.244. The molecule has 4 heteroatoms. The molecule has 0 saturated heterocycles. The van der Waals surface area contributed by atoms with Crippen molar-refractivity contribution >= 4 is 0 Å². The zero-order valence-corrected chi connectivity index (χ0v) is 11.7. The molecule has 1 aromatic carbocycles. The molecule has 0 aliphatic heterocycles. The van der Waals surface area contributed by atoms with Crippen LogP contribution in [0.2, 0.25) is 0 Å². The Labute approximate surface area is 113 Å². The van der Waals surface area contributed by atoms with E-state index in [1.54, 1.807) is 0 Å². The van der Waals surface area contributed by atoms with Crippen LogP contribution in [0.4, 0.5) is 4.39 Å². The van der Waals surface area contributed by atoms with Gasteiger partial charge in [-0.05, 0) is 62.6 Å². The second-order valence-electron chi connectivity index (χ2n) is 4.77. The van der Waals surface area contributed by atoms with Crippen LogP contribution in [0.15, 0.2) is 18.2 Å². The largest absolute Gasteiger partial charge is 0.330 e. The molecule has 1 heterocycles. The van der Waals surface area contributed by atoms with E-state index in [9.17, 15) is 4.39 Å². The minimum Gasteiger partial charge on any atom is -0.330 e. The third-order valence-corrected chi connectivity index (χ3v) is 3.41. The van der Waals surface area contributed by atoms with Gasteiger partial charge in [-0.25, -0.2) is 9.07 Å². The fraction of sp³-hybridized carbons (Fsp3) is 0.400. The van der Waals surface area contributed by atoms with Crippen LogP contribution < -0.4 is 5.73 Å². The lowest BCUT2D eigenvalue weighted by atomic mass is 10.1.